The van der Waals surface area contributed by atoms with Crippen LogP contribution in [-0.4, -0.2) is 44.3 Å². The molecule has 0 aliphatic carbocycles. The molecule has 5 aromatic carbocycles. The van der Waals surface area contributed by atoms with Crippen LogP contribution in [-0.2, 0) is 32.6 Å². The Morgan fingerprint density at radius 3 is 2.04 bits per heavy atom. The first kappa shape index (κ1) is 36.8. The van der Waals surface area contributed by atoms with Crippen molar-refractivity contribution in [2.24, 2.45) is 0 Å². The number of carbonyl (C=O) groups excluding carboxylic acids is 2. The molecule has 51 heavy (non-hydrogen) atoms. The number of ether oxygens (including phenoxy) is 1. The maximum atomic E-state index is 15.2. The molecule has 2 amide bonds. The maximum absolute atomic E-state index is 15.2. The quantitative estimate of drug-likeness (QED) is 0.106. The van der Waals surface area contributed by atoms with Gasteiger partial charge in [-0.05, 0) is 73.5 Å². The molecule has 0 saturated heterocycles. The summed E-state index contributed by atoms with van der Waals surface area (Å²) in [6, 6.07) is 36.1. The van der Waals surface area contributed by atoms with E-state index in [9.17, 15) is 18.0 Å². The standard InChI is InChI=1S/C41H42FN3O5S/c1-3-4-27-43-41(47)39(28-32-13-7-5-8-14-32)44(29-33-15-11-12-18-38(33)42)40(46)30-45(51(48,49)37-25-19-31(2)20-26-37)34-21-23-36(24-22-34)50-35-16-9-6-10-17-35/h5-26,39H,3-4,27-30H2,1-2H3,(H,43,47)/t39-/m1/s1. The van der Waals surface area contributed by atoms with Crippen LogP contribution in [0, 0.1) is 12.7 Å². The molecular formula is C41H42FN3O5S. The van der Waals surface area contributed by atoms with Gasteiger partial charge in [-0.1, -0.05) is 97.8 Å². The minimum absolute atomic E-state index is 0.00990. The van der Waals surface area contributed by atoms with Crippen LogP contribution in [0.1, 0.15) is 36.5 Å². The maximum Gasteiger partial charge on any atom is 0.264 e. The van der Waals surface area contributed by atoms with E-state index in [4.69, 9.17) is 4.74 Å². The number of anilines is 1. The van der Waals surface area contributed by atoms with Gasteiger partial charge in [-0.25, -0.2) is 12.8 Å². The van der Waals surface area contributed by atoms with E-state index in [1.165, 1.54) is 23.1 Å². The van der Waals surface area contributed by atoms with Crippen LogP contribution in [0.25, 0.3) is 0 Å². The Morgan fingerprint density at radius 1 is 0.784 bits per heavy atom. The van der Waals surface area contributed by atoms with Gasteiger partial charge in [0, 0.05) is 25.1 Å². The summed E-state index contributed by atoms with van der Waals surface area (Å²) in [6.07, 6.45) is 1.72. The molecule has 8 nitrogen and oxygen atoms in total. The number of nitrogens with zero attached hydrogens (tertiary/aromatic N) is 2. The summed E-state index contributed by atoms with van der Waals surface area (Å²) in [5, 5.41) is 2.94. The molecule has 1 N–H and O–H groups in total. The molecule has 0 aromatic heterocycles. The third-order valence-electron chi connectivity index (χ3n) is 8.39. The first-order valence-corrected chi connectivity index (χ1v) is 18.4. The monoisotopic (exact) mass is 707 g/mol. The normalized spacial score (nSPS) is 11.7. The van der Waals surface area contributed by atoms with Crippen LogP contribution in [0.5, 0.6) is 11.5 Å². The van der Waals surface area contributed by atoms with E-state index in [2.05, 4.69) is 5.32 Å². The number of amides is 2. The number of aryl methyl sites for hydroxylation is 1. The molecule has 0 fully saturated rings. The number of hydrogen-bond acceptors (Lipinski definition) is 5. The Bertz CT molecular complexity index is 1990. The van der Waals surface area contributed by atoms with Gasteiger partial charge in [0.2, 0.25) is 11.8 Å². The van der Waals surface area contributed by atoms with Crippen LogP contribution >= 0.6 is 0 Å². The fourth-order valence-corrected chi connectivity index (χ4v) is 6.96. The van der Waals surface area contributed by atoms with Crippen molar-refractivity contribution < 1.29 is 27.1 Å². The van der Waals surface area contributed by atoms with Crippen molar-refractivity contribution in [3.63, 3.8) is 0 Å². The minimum atomic E-state index is -4.30. The average Bonchev–Trinajstić information content (AvgIpc) is 3.14. The first-order valence-electron chi connectivity index (χ1n) is 16.9. The number of benzene rings is 5. The van der Waals surface area contributed by atoms with Crippen molar-refractivity contribution in [2.45, 2.75) is 50.6 Å². The lowest BCUT2D eigenvalue weighted by molar-refractivity contribution is -0.140. The van der Waals surface area contributed by atoms with Crippen LogP contribution < -0.4 is 14.4 Å². The summed E-state index contributed by atoms with van der Waals surface area (Å²) in [5.74, 6) is -0.553. The Labute approximate surface area is 299 Å². The fraction of sp³-hybridized carbons (Fsp3) is 0.220. The number of unbranched alkanes of at least 4 members (excludes halogenated alkanes) is 1. The highest BCUT2D eigenvalue weighted by Crippen LogP contribution is 2.29. The van der Waals surface area contributed by atoms with Gasteiger partial charge >= 0.3 is 0 Å². The molecule has 264 valence electrons. The van der Waals surface area contributed by atoms with Crippen LogP contribution in [0.2, 0.25) is 0 Å². The van der Waals surface area contributed by atoms with Gasteiger partial charge in [0.25, 0.3) is 10.0 Å². The second-order valence-electron chi connectivity index (χ2n) is 12.2. The summed E-state index contributed by atoms with van der Waals surface area (Å²) in [5.41, 5.74) is 2.06. The molecule has 0 spiro atoms. The van der Waals surface area contributed by atoms with Crippen LogP contribution in [0.15, 0.2) is 138 Å². The zero-order valence-electron chi connectivity index (χ0n) is 28.7. The Kier molecular flexibility index (Phi) is 12.6. The van der Waals surface area contributed by atoms with Crippen molar-refractivity contribution in [3.8, 4) is 11.5 Å². The van der Waals surface area contributed by atoms with Crippen molar-refractivity contribution in [2.75, 3.05) is 17.4 Å². The number of halogens is 1. The summed E-state index contributed by atoms with van der Waals surface area (Å²) in [7, 11) is -4.30. The van der Waals surface area contributed by atoms with E-state index in [1.807, 2.05) is 62.4 Å². The topological polar surface area (TPSA) is 96.0 Å². The summed E-state index contributed by atoms with van der Waals surface area (Å²) < 4.78 is 50.8. The van der Waals surface area contributed by atoms with Gasteiger partial charge in [0.15, 0.2) is 0 Å². The van der Waals surface area contributed by atoms with Gasteiger partial charge in [0.1, 0.15) is 29.9 Å². The van der Waals surface area contributed by atoms with E-state index in [0.717, 1.165) is 28.3 Å². The smallest absolute Gasteiger partial charge is 0.264 e. The van der Waals surface area contributed by atoms with E-state index in [1.54, 1.807) is 66.7 Å². The molecule has 0 heterocycles. The van der Waals surface area contributed by atoms with E-state index >= 15 is 4.39 Å². The Hall–Kier alpha value is -5.48. The number of carbonyl (C=O) groups is 2. The molecule has 0 bridgehead atoms. The van der Waals surface area contributed by atoms with Gasteiger partial charge in [-0.3, -0.25) is 13.9 Å². The zero-order chi connectivity index (χ0) is 36.2. The number of sulfonamides is 1. The molecule has 5 aromatic rings. The van der Waals surface area contributed by atoms with E-state index < -0.39 is 40.2 Å². The Morgan fingerprint density at radius 2 is 1.39 bits per heavy atom. The van der Waals surface area contributed by atoms with Crippen molar-refractivity contribution in [1.29, 1.82) is 0 Å². The third-order valence-corrected chi connectivity index (χ3v) is 10.2. The second kappa shape index (κ2) is 17.4. The molecule has 0 radical (unpaired) electrons. The molecule has 0 saturated carbocycles. The van der Waals surface area contributed by atoms with Crippen molar-refractivity contribution in [3.05, 3.63) is 156 Å². The van der Waals surface area contributed by atoms with Crippen molar-refractivity contribution in [1.82, 2.24) is 10.2 Å². The van der Waals surface area contributed by atoms with Crippen LogP contribution in [0.4, 0.5) is 10.1 Å². The van der Waals surface area contributed by atoms with Gasteiger partial charge in [0.05, 0.1) is 10.6 Å². The lowest BCUT2D eigenvalue weighted by Crippen LogP contribution is -2.53. The van der Waals surface area contributed by atoms with E-state index in [0.29, 0.717) is 18.0 Å². The Balaban J connectivity index is 1.55. The lowest BCUT2D eigenvalue weighted by Gasteiger charge is -2.34. The molecular weight excluding hydrogens is 666 g/mol. The van der Waals surface area contributed by atoms with Crippen molar-refractivity contribution >= 4 is 27.5 Å². The molecule has 5 rings (SSSR count). The van der Waals surface area contributed by atoms with E-state index in [-0.39, 0.29) is 29.1 Å². The number of hydrogen-bond donors (Lipinski definition) is 1. The summed E-state index contributed by atoms with van der Waals surface area (Å²) >= 11 is 0. The van der Waals surface area contributed by atoms with Crippen LogP contribution in [0.3, 0.4) is 0 Å². The number of nitrogens with one attached hydrogen (secondary N) is 1. The summed E-state index contributed by atoms with van der Waals surface area (Å²) in [4.78, 5) is 29.8. The highest BCUT2D eigenvalue weighted by atomic mass is 32.2. The number of para-hydroxylation sites is 1. The largest absolute Gasteiger partial charge is 0.457 e. The second-order valence-corrected chi connectivity index (χ2v) is 14.1. The minimum Gasteiger partial charge on any atom is -0.457 e. The molecule has 0 aliphatic heterocycles. The molecule has 10 heteroatoms. The highest BCUT2D eigenvalue weighted by Gasteiger charge is 2.35. The lowest BCUT2D eigenvalue weighted by atomic mass is 10.0. The molecule has 0 aliphatic rings. The van der Waals surface area contributed by atoms with Gasteiger partial charge in [-0.15, -0.1) is 0 Å². The predicted molar refractivity (Wildman–Crippen MR) is 197 cm³/mol. The first-order chi connectivity index (χ1) is 24.7. The SMILES string of the molecule is CCCCNC(=O)[C@@H](Cc1ccccc1)N(Cc1ccccc1F)C(=O)CN(c1ccc(Oc2ccccc2)cc1)S(=O)(=O)c1ccc(C)cc1. The number of rotatable bonds is 16. The fourth-order valence-electron chi connectivity index (χ4n) is 5.54. The van der Waals surface area contributed by atoms with Gasteiger partial charge < -0.3 is 15.0 Å². The molecule has 0 unspecified atom stereocenters. The molecule has 1 atom stereocenters. The zero-order valence-corrected chi connectivity index (χ0v) is 29.6. The predicted octanol–water partition coefficient (Wildman–Crippen LogP) is 7.68. The third kappa shape index (κ3) is 9.82. The highest BCUT2D eigenvalue weighted by molar-refractivity contribution is 7.92. The average molecular weight is 708 g/mol. The summed E-state index contributed by atoms with van der Waals surface area (Å²) in [6.45, 7) is 3.34. The van der Waals surface area contributed by atoms with Gasteiger partial charge in [-0.2, -0.15) is 0 Å².